The van der Waals surface area contributed by atoms with Crippen molar-refractivity contribution in [1.29, 1.82) is 0 Å². The first-order valence-electron chi connectivity index (χ1n) is 6.47. The van der Waals surface area contributed by atoms with Gasteiger partial charge in [-0.25, -0.2) is 4.98 Å². The van der Waals surface area contributed by atoms with Crippen molar-refractivity contribution in [3.05, 3.63) is 70.5 Å². The predicted octanol–water partition coefficient (Wildman–Crippen LogP) is 3.32. The van der Waals surface area contributed by atoms with E-state index >= 15 is 0 Å². The molecular formula is C16H12BrN3O. The number of fused-ring (bicyclic) bond motifs is 1. The van der Waals surface area contributed by atoms with Crippen LogP contribution in [0.15, 0.2) is 59.2 Å². The summed E-state index contributed by atoms with van der Waals surface area (Å²) in [6.45, 7) is 0.354. The Morgan fingerprint density at radius 3 is 2.52 bits per heavy atom. The number of para-hydroxylation sites is 2. The zero-order valence-corrected chi connectivity index (χ0v) is 12.7. The molecule has 1 amide bonds. The van der Waals surface area contributed by atoms with Crippen molar-refractivity contribution in [1.82, 2.24) is 15.3 Å². The summed E-state index contributed by atoms with van der Waals surface area (Å²) in [7, 11) is 0. The van der Waals surface area contributed by atoms with Gasteiger partial charge >= 0.3 is 0 Å². The summed E-state index contributed by atoms with van der Waals surface area (Å²) in [5.74, 6) is -0.127. The van der Waals surface area contributed by atoms with Crippen LogP contribution < -0.4 is 5.32 Å². The van der Waals surface area contributed by atoms with Crippen LogP contribution in [0.5, 0.6) is 0 Å². The molecule has 1 heterocycles. The third kappa shape index (κ3) is 3.25. The van der Waals surface area contributed by atoms with Crippen molar-refractivity contribution in [3.8, 4) is 0 Å². The van der Waals surface area contributed by atoms with E-state index in [-0.39, 0.29) is 5.91 Å². The van der Waals surface area contributed by atoms with Crippen molar-refractivity contribution in [2.24, 2.45) is 0 Å². The lowest BCUT2D eigenvalue weighted by Gasteiger charge is -2.05. The molecule has 0 fully saturated rings. The van der Waals surface area contributed by atoms with Gasteiger partial charge in [-0.1, -0.05) is 28.1 Å². The summed E-state index contributed by atoms with van der Waals surface area (Å²) in [5.41, 5.74) is 3.03. The van der Waals surface area contributed by atoms with Gasteiger partial charge in [0.05, 0.1) is 29.5 Å². The van der Waals surface area contributed by atoms with Crippen LogP contribution >= 0.6 is 15.9 Å². The quantitative estimate of drug-likeness (QED) is 0.794. The van der Waals surface area contributed by atoms with Gasteiger partial charge in [0.2, 0.25) is 0 Å². The fourth-order valence-electron chi connectivity index (χ4n) is 1.95. The zero-order chi connectivity index (χ0) is 14.7. The second-order valence-electron chi connectivity index (χ2n) is 4.54. The molecule has 0 spiro atoms. The second-order valence-corrected chi connectivity index (χ2v) is 5.46. The van der Waals surface area contributed by atoms with Gasteiger partial charge in [-0.05, 0) is 36.4 Å². The topological polar surface area (TPSA) is 54.9 Å². The maximum Gasteiger partial charge on any atom is 0.251 e. The number of carbonyl (C=O) groups excluding carboxylic acids is 1. The standard InChI is InChI=1S/C16H12BrN3O/c17-12-7-5-11(6-8-12)16(21)19-10-13-9-18-14-3-1-2-4-15(14)20-13/h1-9H,10H2,(H,19,21). The minimum Gasteiger partial charge on any atom is -0.346 e. The Bertz CT molecular complexity index is 787. The lowest BCUT2D eigenvalue weighted by Crippen LogP contribution is -2.23. The van der Waals surface area contributed by atoms with Crippen molar-refractivity contribution in [2.45, 2.75) is 6.54 Å². The van der Waals surface area contributed by atoms with E-state index in [0.29, 0.717) is 12.1 Å². The van der Waals surface area contributed by atoms with Crippen LogP contribution in [0.2, 0.25) is 0 Å². The molecule has 0 aliphatic heterocycles. The molecule has 5 heteroatoms. The third-order valence-corrected chi connectivity index (χ3v) is 3.56. The second kappa shape index (κ2) is 6.01. The fourth-order valence-corrected chi connectivity index (χ4v) is 2.22. The number of halogens is 1. The fraction of sp³-hybridized carbons (Fsp3) is 0.0625. The Hall–Kier alpha value is -2.27. The smallest absolute Gasteiger partial charge is 0.251 e. The molecule has 0 aliphatic rings. The maximum atomic E-state index is 12.0. The van der Waals surface area contributed by atoms with Gasteiger partial charge in [-0.3, -0.25) is 9.78 Å². The Morgan fingerprint density at radius 1 is 1.05 bits per heavy atom. The summed E-state index contributed by atoms with van der Waals surface area (Å²) in [4.78, 5) is 20.8. The highest BCUT2D eigenvalue weighted by Gasteiger charge is 2.06. The number of benzene rings is 2. The summed E-state index contributed by atoms with van der Waals surface area (Å²) in [6, 6.07) is 14.9. The Kier molecular flexibility index (Phi) is 3.92. The largest absolute Gasteiger partial charge is 0.346 e. The Morgan fingerprint density at radius 2 is 1.76 bits per heavy atom. The van der Waals surface area contributed by atoms with Crippen LogP contribution in [0.4, 0.5) is 0 Å². The van der Waals surface area contributed by atoms with Gasteiger partial charge in [0, 0.05) is 10.0 Å². The lowest BCUT2D eigenvalue weighted by molar-refractivity contribution is 0.0950. The molecule has 1 aromatic heterocycles. The number of hydrogen-bond acceptors (Lipinski definition) is 3. The van der Waals surface area contributed by atoms with Crippen LogP contribution in [0, 0.1) is 0 Å². The molecule has 21 heavy (non-hydrogen) atoms. The van der Waals surface area contributed by atoms with Crippen molar-refractivity contribution >= 4 is 32.9 Å². The highest BCUT2D eigenvalue weighted by molar-refractivity contribution is 9.10. The molecule has 3 rings (SSSR count). The average Bonchev–Trinajstić information content (AvgIpc) is 2.53. The Labute approximate surface area is 130 Å². The highest BCUT2D eigenvalue weighted by atomic mass is 79.9. The van der Waals surface area contributed by atoms with E-state index in [9.17, 15) is 4.79 Å². The van der Waals surface area contributed by atoms with E-state index < -0.39 is 0 Å². The monoisotopic (exact) mass is 341 g/mol. The van der Waals surface area contributed by atoms with Gasteiger partial charge in [0.25, 0.3) is 5.91 Å². The minimum atomic E-state index is -0.127. The van der Waals surface area contributed by atoms with E-state index in [4.69, 9.17) is 0 Å². The van der Waals surface area contributed by atoms with Gasteiger partial charge < -0.3 is 5.32 Å². The average molecular weight is 342 g/mol. The number of rotatable bonds is 3. The van der Waals surface area contributed by atoms with E-state index in [1.807, 2.05) is 36.4 Å². The minimum absolute atomic E-state index is 0.127. The molecular weight excluding hydrogens is 330 g/mol. The van der Waals surface area contributed by atoms with Crippen molar-refractivity contribution < 1.29 is 4.79 Å². The van der Waals surface area contributed by atoms with E-state index in [1.54, 1.807) is 18.3 Å². The van der Waals surface area contributed by atoms with Gasteiger partial charge in [-0.15, -0.1) is 0 Å². The van der Waals surface area contributed by atoms with E-state index in [2.05, 4.69) is 31.2 Å². The molecule has 0 saturated heterocycles. The number of amides is 1. The lowest BCUT2D eigenvalue weighted by atomic mass is 10.2. The van der Waals surface area contributed by atoms with Crippen LogP contribution in [-0.2, 0) is 6.54 Å². The van der Waals surface area contributed by atoms with E-state index in [1.165, 1.54) is 0 Å². The number of hydrogen-bond donors (Lipinski definition) is 1. The van der Waals surface area contributed by atoms with E-state index in [0.717, 1.165) is 21.2 Å². The molecule has 104 valence electrons. The number of aromatic nitrogens is 2. The molecule has 0 bridgehead atoms. The van der Waals surface area contributed by atoms with Gasteiger partial charge in [-0.2, -0.15) is 0 Å². The number of nitrogens with zero attached hydrogens (tertiary/aromatic N) is 2. The normalized spacial score (nSPS) is 10.5. The van der Waals surface area contributed by atoms with Gasteiger partial charge in [0.15, 0.2) is 0 Å². The molecule has 0 atom stereocenters. The molecule has 2 aromatic carbocycles. The first kappa shape index (κ1) is 13.7. The molecule has 0 unspecified atom stereocenters. The first-order valence-corrected chi connectivity index (χ1v) is 7.26. The molecule has 0 aliphatic carbocycles. The molecule has 4 nitrogen and oxygen atoms in total. The van der Waals surface area contributed by atoms with Crippen LogP contribution in [-0.4, -0.2) is 15.9 Å². The summed E-state index contributed by atoms with van der Waals surface area (Å²) in [5, 5.41) is 2.84. The zero-order valence-electron chi connectivity index (χ0n) is 11.1. The number of nitrogens with one attached hydrogen (secondary N) is 1. The van der Waals surface area contributed by atoms with Gasteiger partial charge in [0.1, 0.15) is 0 Å². The third-order valence-electron chi connectivity index (χ3n) is 3.03. The molecule has 0 radical (unpaired) electrons. The predicted molar refractivity (Wildman–Crippen MR) is 84.9 cm³/mol. The first-order chi connectivity index (χ1) is 10.2. The summed E-state index contributed by atoms with van der Waals surface area (Å²) in [6.07, 6.45) is 1.68. The molecule has 3 aromatic rings. The van der Waals surface area contributed by atoms with Crippen LogP contribution in [0.3, 0.4) is 0 Å². The van der Waals surface area contributed by atoms with Crippen LogP contribution in [0.25, 0.3) is 11.0 Å². The van der Waals surface area contributed by atoms with Crippen molar-refractivity contribution in [3.63, 3.8) is 0 Å². The molecule has 0 saturated carbocycles. The summed E-state index contributed by atoms with van der Waals surface area (Å²) >= 11 is 3.34. The maximum absolute atomic E-state index is 12.0. The SMILES string of the molecule is O=C(NCc1cnc2ccccc2n1)c1ccc(Br)cc1. The van der Waals surface area contributed by atoms with Crippen molar-refractivity contribution in [2.75, 3.05) is 0 Å². The van der Waals surface area contributed by atoms with Crippen LogP contribution in [0.1, 0.15) is 16.1 Å². The Balaban J connectivity index is 1.71. The number of carbonyl (C=O) groups is 1. The highest BCUT2D eigenvalue weighted by Crippen LogP contribution is 2.11. The molecule has 1 N–H and O–H groups in total. The summed E-state index contributed by atoms with van der Waals surface area (Å²) < 4.78 is 0.944.